The lowest BCUT2D eigenvalue weighted by Crippen LogP contribution is -2.11. The molecule has 0 saturated heterocycles. The molecule has 13 aromatic rings. The summed E-state index contributed by atoms with van der Waals surface area (Å²) in [6, 6.07) is 94.4. The van der Waals surface area contributed by atoms with Gasteiger partial charge in [-0.2, -0.15) is 0 Å². The molecule has 12 aromatic carbocycles. The van der Waals surface area contributed by atoms with Crippen LogP contribution in [0.4, 0.5) is 17.1 Å². The minimum atomic E-state index is 0.853. The Hall–Kier alpha value is -8.98. The molecule has 0 amide bonds. The summed E-state index contributed by atoms with van der Waals surface area (Å²) >= 11 is 0. The fraction of sp³-hybridized carbons (Fsp3) is 0. The predicted octanol–water partition coefficient (Wildman–Crippen LogP) is 18.9. The van der Waals surface area contributed by atoms with Crippen molar-refractivity contribution in [1.82, 2.24) is 0 Å². The molecule has 0 unspecified atom stereocenters. The van der Waals surface area contributed by atoms with Crippen molar-refractivity contribution in [2.24, 2.45) is 0 Å². The van der Waals surface area contributed by atoms with Gasteiger partial charge in [0.1, 0.15) is 11.2 Å². The van der Waals surface area contributed by atoms with Gasteiger partial charge < -0.3 is 9.32 Å². The average Bonchev–Trinajstić information content (AvgIpc) is 3.81. The van der Waals surface area contributed by atoms with Crippen LogP contribution in [-0.4, -0.2) is 0 Å². The van der Waals surface area contributed by atoms with Gasteiger partial charge in [-0.3, -0.25) is 0 Å². The van der Waals surface area contributed by atoms with E-state index in [1.165, 1.54) is 76.8 Å². The molecule has 0 radical (unpaired) electrons. The first-order valence-electron chi connectivity index (χ1n) is 23.3. The zero-order valence-corrected chi connectivity index (χ0v) is 37.2. The standard InChI is InChI=1S/C66H43NO/c1-3-16-44(17-4-1)45-36-38-52(39-37-45)67(53-42-51-21-8-10-26-55(51)61(43-53)59-30-13-22-46-20-7-9-25-54(46)59)62-41-40-58(66-65(62)60-27-11-12-31-63(60)68-66)49-34-32-48(33-35-49)57-29-15-24-50-23-14-28-56(64(50)57)47-18-5-2-6-19-47/h1-43H. The highest BCUT2D eigenvalue weighted by Crippen LogP contribution is 2.49. The van der Waals surface area contributed by atoms with Gasteiger partial charge in [-0.25, -0.2) is 0 Å². The minimum absolute atomic E-state index is 0.853. The van der Waals surface area contributed by atoms with Crippen LogP contribution >= 0.6 is 0 Å². The third-order valence-corrected chi connectivity index (χ3v) is 13.7. The van der Waals surface area contributed by atoms with Crippen LogP contribution < -0.4 is 4.90 Å². The molecule has 0 saturated carbocycles. The molecule has 0 N–H and O–H groups in total. The van der Waals surface area contributed by atoms with Crippen molar-refractivity contribution in [3.05, 3.63) is 261 Å². The minimum Gasteiger partial charge on any atom is -0.455 e. The van der Waals surface area contributed by atoms with E-state index in [-0.39, 0.29) is 0 Å². The summed E-state index contributed by atoms with van der Waals surface area (Å²) in [5.74, 6) is 0. The Balaban J connectivity index is 1.01. The van der Waals surface area contributed by atoms with Crippen molar-refractivity contribution >= 4 is 71.3 Å². The molecule has 0 spiro atoms. The molecule has 0 atom stereocenters. The molecule has 318 valence electrons. The van der Waals surface area contributed by atoms with E-state index in [2.05, 4.69) is 266 Å². The van der Waals surface area contributed by atoms with Gasteiger partial charge in [-0.15, -0.1) is 0 Å². The zero-order valence-electron chi connectivity index (χ0n) is 37.2. The second-order valence-corrected chi connectivity index (χ2v) is 17.6. The second kappa shape index (κ2) is 16.5. The number of anilines is 3. The molecular weight excluding hydrogens is 823 g/mol. The van der Waals surface area contributed by atoms with Gasteiger partial charge in [-0.1, -0.05) is 218 Å². The van der Waals surface area contributed by atoms with Crippen molar-refractivity contribution in [3.63, 3.8) is 0 Å². The summed E-state index contributed by atoms with van der Waals surface area (Å²) in [4.78, 5) is 2.43. The number of para-hydroxylation sites is 1. The van der Waals surface area contributed by atoms with E-state index in [1.807, 2.05) is 0 Å². The summed E-state index contributed by atoms with van der Waals surface area (Å²) in [5.41, 5.74) is 16.6. The molecular formula is C66H43NO. The number of furan rings is 1. The van der Waals surface area contributed by atoms with Gasteiger partial charge in [0.15, 0.2) is 0 Å². The van der Waals surface area contributed by atoms with Crippen LogP contribution in [0.3, 0.4) is 0 Å². The van der Waals surface area contributed by atoms with E-state index < -0.39 is 0 Å². The number of nitrogens with zero attached hydrogens (tertiary/aromatic N) is 1. The van der Waals surface area contributed by atoms with E-state index in [4.69, 9.17) is 4.42 Å². The molecule has 0 aliphatic rings. The molecule has 2 nitrogen and oxygen atoms in total. The van der Waals surface area contributed by atoms with Crippen molar-refractivity contribution in [1.29, 1.82) is 0 Å². The van der Waals surface area contributed by atoms with Crippen molar-refractivity contribution in [2.45, 2.75) is 0 Å². The summed E-state index contributed by atoms with van der Waals surface area (Å²) in [6.07, 6.45) is 0. The van der Waals surface area contributed by atoms with E-state index in [1.54, 1.807) is 0 Å². The first-order valence-corrected chi connectivity index (χ1v) is 23.3. The Labute approximate surface area is 395 Å². The summed E-state index contributed by atoms with van der Waals surface area (Å²) in [7, 11) is 0. The molecule has 13 rings (SSSR count). The van der Waals surface area contributed by atoms with E-state index >= 15 is 0 Å². The van der Waals surface area contributed by atoms with Gasteiger partial charge in [0.25, 0.3) is 0 Å². The Morgan fingerprint density at radius 2 is 0.765 bits per heavy atom. The molecule has 0 fully saturated rings. The first-order chi connectivity index (χ1) is 33.7. The van der Waals surface area contributed by atoms with E-state index in [0.29, 0.717) is 0 Å². The second-order valence-electron chi connectivity index (χ2n) is 17.6. The highest BCUT2D eigenvalue weighted by molar-refractivity contribution is 6.18. The molecule has 1 heterocycles. The molecule has 0 bridgehead atoms. The largest absolute Gasteiger partial charge is 0.455 e. The lowest BCUT2D eigenvalue weighted by molar-refractivity contribution is 0.670. The van der Waals surface area contributed by atoms with E-state index in [9.17, 15) is 0 Å². The Morgan fingerprint density at radius 3 is 1.47 bits per heavy atom. The van der Waals surface area contributed by atoms with Gasteiger partial charge in [0.05, 0.1) is 11.1 Å². The van der Waals surface area contributed by atoms with Gasteiger partial charge >= 0.3 is 0 Å². The smallest absolute Gasteiger partial charge is 0.145 e. The molecule has 0 aliphatic carbocycles. The lowest BCUT2D eigenvalue weighted by atomic mass is 9.90. The third-order valence-electron chi connectivity index (χ3n) is 13.7. The van der Waals surface area contributed by atoms with Crippen LogP contribution in [0.15, 0.2) is 265 Å². The summed E-state index contributed by atoms with van der Waals surface area (Å²) < 4.78 is 7.00. The van der Waals surface area contributed by atoms with Crippen LogP contribution in [0.1, 0.15) is 0 Å². The van der Waals surface area contributed by atoms with Crippen molar-refractivity contribution in [2.75, 3.05) is 4.90 Å². The number of benzene rings is 12. The van der Waals surface area contributed by atoms with Crippen LogP contribution in [-0.2, 0) is 0 Å². The SMILES string of the molecule is c1ccc(-c2ccc(N(c3cc(-c4cccc5ccccc45)c4ccccc4c3)c3ccc(-c4ccc(-c5cccc6cccc(-c7ccccc7)c56)cc4)c4oc5ccccc5c34)cc2)cc1. The van der Waals surface area contributed by atoms with Crippen LogP contribution in [0.2, 0.25) is 0 Å². The fourth-order valence-electron chi connectivity index (χ4n) is 10.5. The topological polar surface area (TPSA) is 16.4 Å². The summed E-state index contributed by atoms with van der Waals surface area (Å²) in [6.45, 7) is 0. The van der Waals surface area contributed by atoms with Gasteiger partial charge in [0.2, 0.25) is 0 Å². The normalized spacial score (nSPS) is 11.5. The molecule has 0 aliphatic heterocycles. The van der Waals surface area contributed by atoms with Crippen molar-refractivity contribution < 1.29 is 4.42 Å². The van der Waals surface area contributed by atoms with Crippen LogP contribution in [0.5, 0.6) is 0 Å². The third kappa shape index (κ3) is 6.73. The maximum atomic E-state index is 7.00. The highest BCUT2D eigenvalue weighted by Gasteiger charge is 2.24. The molecule has 2 heteroatoms. The number of rotatable bonds is 8. The monoisotopic (exact) mass is 865 g/mol. The maximum absolute atomic E-state index is 7.00. The fourth-order valence-corrected chi connectivity index (χ4v) is 10.5. The zero-order chi connectivity index (χ0) is 45.0. The summed E-state index contributed by atoms with van der Waals surface area (Å²) in [5, 5.41) is 9.45. The molecule has 1 aromatic heterocycles. The van der Waals surface area contributed by atoms with E-state index in [0.717, 1.165) is 50.1 Å². The highest BCUT2D eigenvalue weighted by atomic mass is 16.3. The van der Waals surface area contributed by atoms with Crippen molar-refractivity contribution in [3.8, 4) is 55.6 Å². The van der Waals surface area contributed by atoms with Crippen LogP contribution in [0, 0.1) is 0 Å². The molecule has 68 heavy (non-hydrogen) atoms. The average molecular weight is 866 g/mol. The lowest BCUT2D eigenvalue weighted by Gasteiger charge is -2.28. The number of hydrogen-bond acceptors (Lipinski definition) is 2. The number of hydrogen-bond donors (Lipinski definition) is 0. The van der Waals surface area contributed by atoms with Gasteiger partial charge in [-0.05, 0) is 125 Å². The Morgan fingerprint density at radius 1 is 0.265 bits per heavy atom. The van der Waals surface area contributed by atoms with Crippen LogP contribution in [0.25, 0.3) is 110 Å². The Bertz CT molecular complexity index is 3990. The maximum Gasteiger partial charge on any atom is 0.145 e. The first kappa shape index (κ1) is 39.4. The number of fused-ring (bicyclic) bond motifs is 6. The predicted molar refractivity (Wildman–Crippen MR) is 288 cm³/mol. The Kier molecular flexibility index (Phi) is 9.54. The quantitative estimate of drug-likeness (QED) is 0.151. The van der Waals surface area contributed by atoms with Gasteiger partial charge in [0, 0.05) is 22.3 Å².